The Balaban J connectivity index is 0.851. The number of likely N-dealkylation sites (tertiary alicyclic amines) is 2. The molecule has 4 saturated heterocycles. The average molecular weight is 869 g/mol. The lowest BCUT2D eigenvalue weighted by Crippen LogP contribution is -2.52. The number of benzene rings is 4. The van der Waals surface area contributed by atoms with Crippen LogP contribution in [-0.2, 0) is 19.1 Å². The summed E-state index contributed by atoms with van der Waals surface area (Å²) in [6.45, 7) is 3.14. The summed E-state index contributed by atoms with van der Waals surface area (Å²) in [7, 11) is 0. The first kappa shape index (κ1) is 41.5. The lowest BCUT2D eigenvalue weighted by molar-refractivity contribution is -0.137. The topological polar surface area (TPSA) is 215 Å². The Morgan fingerprint density at radius 3 is 1.36 bits per heavy atom. The third-order valence-electron chi connectivity index (χ3n) is 13.8. The van der Waals surface area contributed by atoms with Gasteiger partial charge in [-0.15, -0.1) is 0 Å². The van der Waals surface area contributed by atoms with Crippen molar-refractivity contribution in [1.29, 1.82) is 0 Å². The second-order valence-electron chi connectivity index (χ2n) is 17.6. The van der Waals surface area contributed by atoms with Crippen molar-refractivity contribution in [3.63, 3.8) is 0 Å². The van der Waals surface area contributed by atoms with Gasteiger partial charge in [0.1, 0.15) is 23.7 Å². The summed E-state index contributed by atoms with van der Waals surface area (Å²) in [6, 6.07) is 22.9. The van der Waals surface area contributed by atoms with Crippen LogP contribution in [0.3, 0.4) is 0 Å². The van der Waals surface area contributed by atoms with Crippen molar-refractivity contribution in [2.24, 2.45) is 11.8 Å². The molecular weight excluding hydrogens is 817 g/mol. The maximum absolute atomic E-state index is 13.9. The highest BCUT2D eigenvalue weighted by Crippen LogP contribution is 2.37. The fourth-order valence-corrected chi connectivity index (χ4v) is 10.4. The smallest absolute Gasteiger partial charge is 0.405 e. The number of aromatic amines is 2. The molecule has 332 valence electrons. The number of fused-ring (bicyclic) bond motifs is 3. The van der Waals surface area contributed by atoms with Crippen LogP contribution >= 0.6 is 0 Å². The average Bonchev–Trinajstić information content (AvgIpc) is 4.15. The number of rotatable bonds is 10. The van der Waals surface area contributed by atoms with Crippen LogP contribution in [0.5, 0.6) is 0 Å². The van der Waals surface area contributed by atoms with Gasteiger partial charge in [-0.1, -0.05) is 36.4 Å². The molecule has 10 rings (SSSR count). The van der Waals surface area contributed by atoms with E-state index in [9.17, 15) is 29.4 Å². The lowest BCUT2D eigenvalue weighted by Gasteiger charge is -2.33. The van der Waals surface area contributed by atoms with E-state index in [1.54, 1.807) is 9.80 Å². The van der Waals surface area contributed by atoms with E-state index in [0.717, 1.165) is 80.8 Å². The third-order valence-corrected chi connectivity index (χ3v) is 13.8. The summed E-state index contributed by atoms with van der Waals surface area (Å²) in [4.78, 5) is 71.8. The van der Waals surface area contributed by atoms with Crippen molar-refractivity contribution < 1.29 is 38.9 Å². The van der Waals surface area contributed by atoms with Crippen LogP contribution in [0.2, 0.25) is 0 Å². The second-order valence-corrected chi connectivity index (χ2v) is 17.6. The van der Waals surface area contributed by atoms with Gasteiger partial charge in [0.05, 0.1) is 34.2 Å². The first-order valence-electron chi connectivity index (χ1n) is 22.5. The van der Waals surface area contributed by atoms with E-state index >= 15 is 0 Å². The van der Waals surface area contributed by atoms with Gasteiger partial charge in [0.2, 0.25) is 11.8 Å². The molecule has 6 heterocycles. The summed E-state index contributed by atoms with van der Waals surface area (Å²) in [5.41, 5.74) is 7.46. The molecule has 0 aliphatic carbocycles. The Morgan fingerprint density at radius 1 is 0.562 bits per heavy atom. The van der Waals surface area contributed by atoms with Crippen LogP contribution in [0, 0.1) is 11.8 Å². The Labute approximate surface area is 368 Å². The molecule has 4 amide bonds. The van der Waals surface area contributed by atoms with Gasteiger partial charge >= 0.3 is 12.2 Å². The van der Waals surface area contributed by atoms with Gasteiger partial charge in [0.25, 0.3) is 0 Å². The Hall–Kier alpha value is -6.52. The van der Waals surface area contributed by atoms with Crippen molar-refractivity contribution in [2.45, 2.75) is 75.5 Å². The minimum absolute atomic E-state index is 0.116. The van der Waals surface area contributed by atoms with Crippen LogP contribution in [0.15, 0.2) is 72.8 Å². The van der Waals surface area contributed by atoms with Gasteiger partial charge in [-0.2, -0.15) is 0 Å². The number of aromatic nitrogens is 4. The van der Waals surface area contributed by atoms with E-state index in [4.69, 9.17) is 19.4 Å². The number of hydrogen-bond acceptors (Lipinski definition) is 8. The lowest BCUT2D eigenvalue weighted by atomic mass is 9.90. The van der Waals surface area contributed by atoms with E-state index in [1.165, 1.54) is 0 Å². The molecule has 0 saturated carbocycles. The molecule has 2 aromatic heterocycles. The highest BCUT2D eigenvalue weighted by molar-refractivity contribution is 5.93. The van der Waals surface area contributed by atoms with Crippen molar-refractivity contribution in [3.8, 4) is 22.3 Å². The predicted molar refractivity (Wildman–Crippen MR) is 238 cm³/mol. The number of imidazole rings is 2. The molecule has 0 radical (unpaired) electrons. The van der Waals surface area contributed by atoms with E-state index in [2.05, 4.69) is 81.3 Å². The predicted octanol–water partition coefficient (Wildman–Crippen LogP) is 7.38. The molecule has 6 aromatic rings. The number of ether oxygens (including phenoxy) is 2. The second kappa shape index (κ2) is 17.6. The highest BCUT2D eigenvalue weighted by atomic mass is 16.5. The van der Waals surface area contributed by atoms with Gasteiger partial charge < -0.3 is 50.1 Å². The van der Waals surface area contributed by atoms with Crippen molar-refractivity contribution in [1.82, 2.24) is 40.4 Å². The summed E-state index contributed by atoms with van der Waals surface area (Å²) >= 11 is 0. The van der Waals surface area contributed by atoms with Gasteiger partial charge in [-0.3, -0.25) is 9.59 Å². The van der Waals surface area contributed by atoms with Gasteiger partial charge in [-0.25, -0.2) is 19.6 Å². The van der Waals surface area contributed by atoms with E-state index < -0.39 is 24.3 Å². The molecular formula is C48H52N8O8. The van der Waals surface area contributed by atoms with Crippen LogP contribution < -0.4 is 10.6 Å². The summed E-state index contributed by atoms with van der Waals surface area (Å²) in [5.74, 6) is 0.763. The molecule has 4 aliphatic heterocycles. The third kappa shape index (κ3) is 8.23. The monoisotopic (exact) mass is 868 g/mol. The minimum atomic E-state index is -1.20. The van der Waals surface area contributed by atoms with Crippen LogP contribution in [-0.4, -0.2) is 116 Å². The van der Waals surface area contributed by atoms with Gasteiger partial charge in [0, 0.05) is 39.5 Å². The quantitative estimate of drug-likeness (QED) is 0.0803. The van der Waals surface area contributed by atoms with Gasteiger partial charge in [-0.05, 0) is 133 Å². The van der Waals surface area contributed by atoms with Gasteiger partial charge in [0.15, 0.2) is 0 Å². The van der Waals surface area contributed by atoms with Crippen molar-refractivity contribution in [2.75, 3.05) is 39.5 Å². The van der Waals surface area contributed by atoms with Crippen LogP contribution in [0.1, 0.15) is 75.1 Å². The summed E-state index contributed by atoms with van der Waals surface area (Å²) in [6.07, 6.45) is 3.21. The maximum atomic E-state index is 13.9. The molecule has 6 N–H and O–H groups in total. The van der Waals surface area contributed by atoms with E-state index in [-0.39, 0.29) is 35.7 Å². The zero-order chi connectivity index (χ0) is 43.9. The van der Waals surface area contributed by atoms with Crippen molar-refractivity contribution >= 4 is 56.8 Å². The number of carbonyl (C=O) groups excluding carboxylic acids is 2. The van der Waals surface area contributed by atoms with Crippen LogP contribution in [0.25, 0.3) is 55.1 Å². The molecule has 64 heavy (non-hydrogen) atoms. The number of nitrogens with one attached hydrogen (secondary N) is 4. The molecule has 0 spiro atoms. The molecule has 2 unspecified atom stereocenters. The zero-order valence-corrected chi connectivity index (χ0v) is 35.4. The molecule has 0 bridgehead atoms. The maximum Gasteiger partial charge on any atom is 0.405 e. The Morgan fingerprint density at radius 2 is 0.953 bits per heavy atom. The molecule has 4 atom stereocenters. The number of hydrogen-bond donors (Lipinski definition) is 6. The zero-order valence-electron chi connectivity index (χ0n) is 35.4. The fraction of sp³-hybridized carbons (Fsp3) is 0.417. The Kier molecular flexibility index (Phi) is 11.4. The molecule has 16 nitrogen and oxygen atoms in total. The highest BCUT2D eigenvalue weighted by Gasteiger charge is 2.41. The standard InChI is InChI=1S/C48H52N8O8/c57-45(41(53-47(59)60)27-13-19-63-20-14-27)55-17-1-3-39(55)43-49-35-11-9-33(25-37(35)51-43)31-7-5-30-24-32(8-6-29(30)23-31)34-10-12-36-38(26-34)52-44(50-36)40-4-2-18-56(40)46(58)42(54-48(61)62)28-15-21-64-22-16-28/h5-12,23-28,39-42,53-54H,1-4,13-22H2,(H,49,51)(H,50,52)(H,59,60)(H,61,62)/t39-,40?,41-,42?/m0/s1. The Bertz CT molecular complexity index is 2550. The normalized spacial score (nSPS) is 20.8. The molecule has 4 aliphatic rings. The molecule has 16 heteroatoms. The number of carbonyl (C=O) groups is 4. The number of amides is 4. The molecule has 4 aromatic carbocycles. The fourth-order valence-electron chi connectivity index (χ4n) is 10.4. The summed E-state index contributed by atoms with van der Waals surface area (Å²) in [5, 5.41) is 26.4. The number of H-pyrrole nitrogens is 2. The van der Waals surface area contributed by atoms with Crippen molar-refractivity contribution in [3.05, 3.63) is 84.4 Å². The first-order valence-corrected chi connectivity index (χ1v) is 22.5. The minimum Gasteiger partial charge on any atom is -0.465 e. The summed E-state index contributed by atoms with van der Waals surface area (Å²) < 4.78 is 11.0. The largest absolute Gasteiger partial charge is 0.465 e. The molecule has 4 fully saturated rings. The first-order chi connectivity index (χ1) is 31.2. The van der Waals surface area contributed by atoms with E-state index in [0.29, 0.717) is 76.8 Å². The number of carboxylic acid groups (broad SMARTS) is 2. The number of nitrogens with zero attached hydrogens (tertiary/aromatic N) is 4. The van der Waals surface area contributed by atoms with Crippen LogP contribution in [0.4, 0.5) is 9.59 Å². The SMILES string of the molecule is O=C(O)NC(C(=O)N1CCCC1c1nc2cc(-c3ccc4cc(-c5ccc6[nH]c([C@@H]7CCCN7C(=O)[C@@H](NC(=O)O)C7CCOCC7)nc6c5)ccc4c3)ccc2[nH]1)C1CCOCC1. The van der Waals surface area contributed by atoms with E-state index in [1.807, 2.05) is 12.1 Å².